The van der Waals surface area contributed by atoms with Gasteiger partial charge in [0, 0.05) is 16.7 Å². The fraction of sp³-hybridized carbons (Fsp3) is 0.733. The van der Waals surface area contributed by atoms with Gasteiger partial charge < -0.3 is 0 Å². The molecule has 0 saturated heterocycles. The van der Waals surface area contributed by atoms with Crippen molar-refractivity contribution in [3.63, 3.8) is 0 Å². The maximum absolute atomic E-state index is 12.3. The summed E-state index contributed by atoms with van der Waals surface area (Å²) in [5, 5.41) is 4.54. The van der Waals surface area contributed by atoms with Gasteiger partial charge in [-0.05, 0) is 6.07 Å². The number of aromatic nitrogens is 2. The van der Waals surface area contributed by atoms with Crippen molar-refractivity contribution in [2.75, 3.05) is 0 Å². The molecule has 0 bridgehead atoms. The topological polar surface area (TPSA) is 34.9 Å². The highest BCUT2D eigenvalue weighted by Crippen LogP contribution is 2.28. The normalized spacial score (nSPS) is 13.2. The first-order valence-corrected chi connectivity index (χ1v) is 6.60. The van der Waals surface area contributed by atoms with E-state index in [2.05, 4.69) is 52.7 Å². The van der Waals surface area contributed by atoms with E-state index in [0.717, 1.165) is 11.4 Å². The Morgan fingerprint density at radius 2 is 1.61 bits per heavy atom. The molecular formula is C15H26N2O. The molecule has 0 fully saturated rings. The van der Waals surface area contributed by atoms with Crippen molar-refractivity contribution in [3.8, 4) is 0 Å². The van der Waals surface area contributed by atoms with Gasteiger partial charge in [-0.1, -0.05) is 55.4 Å². The summed E-state index contributed by atoms with van der Waals surface area (Å²) in [7, 11) is 0. The van der Waals surface area contributed by atoms with Crippen LogP contribution in [-0.4, -0.2) is 15.7 Å². The van der Waals surface area contributed by atoms with Gasteiger partial charge in [0.1, 0.15) is 0 Å². The van der Waals surface area contributed by atoms with E-state index in [1.54, 1.807) is 4.68 Å². The molecule has 18 heavy (non-hydrogen) atoms. The lowest BCUT2D eigenvalue weighted by Gasteiger charge is -2.20. The Kier molecular flexibility index (Phi) is 3.75. The van der Waals surface area contributed by atoms with Crippen molar-refractivity contribution in [2.45, 2.75) is 66.2 Å². The summed E-state index contributed by atoms with van der Waals surface area (Å²) >= 11 is 0. The number of nitrogens with zero attached hydrogens (tertiary/aromatic N) is 2. The van der Waals surface area contributed by atoms with Gasteiger partial charge in [0.2, 0.25) is 5.91 Å². The molecule has 0 unspecified atom stereocenters. The minimum atomic E-state index is -0.0823. The average molecular weight is 250 g/mol. The molecule has 3 heteroatoms. The van der Waals surface area contributed by atoms with E-state index in [9.17, 15) is 4.79 Å². The molecule has 102 valence electrons. The maximum Gasteiger partial charge on any atom is 0.249 e. The van der Waals surface area contributed by atoms with Gasteiger partial charge in [-0.2, -0.15) is 5.10 Å². The third kappa shape index (κ3) is 3.01. The molecule has 0 aliphatic rings. The molecule has 0 saturated carbocycles. The van der Waals surface area contributed by atoms with Crippen molar-refractivity contribution in [1.82, 2.24) is 9.78 Å². The Bertz CT molecular complexity index is 442. The summed E-state index contributed by atoms with van der Waals surface area (Å²) in [5.74, 6) is 0.0224. The molecule has 1 heterocycles. The Labute approximate surface area is 111 Å². The van der Waals surface area contributed by atoms with E-state index in [-0.39, 0.29) is 22.7 Å². The van der Waals surface area contributed by atoms with Crippen LogP contribution in [0.25, 0.3) is 0 Å². The van der Waals surface area contributed by atoms with Crippen LogP contribution in [0.5, 0.6) is 0 Å². The second-order valence-electron chi connectivity index (χ2n) is 7.32. The van der Waals surface area contributed by atoms with Gasteiger partial charge in [-0.15, -0.1) is 0 Å². The molecule has 1 rings (SSSR count). The van der Waals surface area contributed by atoms with E-state index >= 15 is 0 Å². The van der Waals surface area contributed by atoms with Crippen molar-refractivity contribution in [1.29, 1.82) is 0 Å². The SMILES string of the molecule is CC(C)C(=O)n1nc(C(C)(C)C)cc1C(C)(C)C. The number of hydrogen-bond donors (Lipinski definition) is 0. The zero-order chi connectivity index (χ0) is 14.3. The highest BCUT2D eigenvalue weighted by molar-refractivity contribution is 5.80. The van der Waals surface area contributed by atoms with Crippen LogP contribution in [-0.2, 0) is 10.8 Å². The number of rotatable bonds is 1. The molecule has 0 N–H and O–H groups in total. The van der Waals surface area contributed by atoms with Gasteiger partial charge in [0.15, 0.2) is 0 Å². The molecule has 0 atom stereocenters. The van der Waals surface area contributed by atoms with Crippen molar-refractivity contribution in [2.24, 2.45) is 5.92 Å². The Balaban J connectivity index is 3.40. The molecule has 0 aliphatic heterocycles. The second-order valence-corrected chi connectivity index (χ2v) is 7.32. The van der Waals surface area contributed by atoms with Crippen LogP contribution in [0.1, 0.15) is 71.6 Å². The fourth-order valence-electron chi connectivity index (χ4n) is 1.69. The van der Waals surface area contributed by atoms with Crippen LogP contribution in [0, 0.1) is 5.92 Å². The van der Waals surface area contributed by atoms with Crippen LogP contribution < -0.4 is 0 Å². The Morgan fingerprint density at radius 1 is 1.11 bits per heavy atom. The van der Waals surface area contributed by atoms with Crippen LogP contribution in [0.2, 0.25) is 0 Å². The smallest absolute Gasteiger partial charge is 0.249 e. The fourth-order valence-corrected chi connectivity index (χ4v) is 1.69. The summed E-state index contributed by atoms with van der Waals surface area (Å²) in [6.07, 6.45) is 0. The third-order valence-corrected chi connectivity index (χ3v) is 2.95. The molecular weight excluding hydrogens is 224 g/mol. The molecule has 0 radical (unpaired) electrons. The average Bonchev–Trinajstić information content (AvgIpc) is 2.58. The van der Waals surface area contributed by atoms with Crippen molar-refractivity contribution < 1.29 is 4.79 Å². The lowest BCUT2D eigenvalue weighted by atomic mass is 9.88. The molecule has 3 nitrogen and oxygen atoms in total. The highest BCUT2D eigenvalue weighted by Gasteiger charge is 2.28. The first-order valence-electron chi connectivity index (χ1n) is 6.60. The van der Waals surface area contributed by atoms with Gasteiger partial charge in [-0.3, -0.25) is 4.79 Å². The van der Waals surface area contributed by atoms with Gasteiger partial charge in [0.25, 0.3) is 0 Å². The van der Waals surface area contributed by atoms with E-state index < -0.39 is 0 Å². The summed E-state index contributed by atoms with van der Waals surface area (Å²) in [6.45, 7) is 16.5. The largest absolute Gasteiger partial charge is 0.272 e. The minimum absolute atomic E-state index is 0.0392. The third-order valence-electron chi connectivity index (χ3n) is 2.95. The lowest BCUT2D eigenvalue weighted by Crippen LogP contribution is -2.26. The quantitative estimate of drug-likeness (QED) is 0.760. The standard InChI is InChI=1S/C15H26N2O/c1-10(2)13(18)17-12(15(6,7)8)9-11(16-17)14(3,4)5/h9-10H,1-8H3. The van der Waals surface area contributed by atoms with Crippen LogP contribution in [0.15, 0.2) is 6.07 Å². The Morgan fingerprint density at radius 3 is 1.94 bits per heavy atom. The lowest BCUT2D eigenvalue weighted by molar-refractivity contribution is 0.0829. The van der Waals surface area contributed by atoms with Crippen LogP contribution >= 0.6 is 0 Å². The van der Waals surface area contributed by atoms with Gasteiger partial charge in [0.05, 0.1) is 11.4 Å². The molecule has 1 aromatic heterocycles. The number of carbonyl (C=O) groups excluding carboxylic acids is 1. The summed E-state index contributed by atoms with van der Waals surface area (Å²) in [4.78, 5) is 12.3. The Hall–Kier alpha value is -1.12. The monoisotopic (exact) mass is 250 g/mol. The van der Waals surface area contributed by atoms with Crippen LogP contribution in [0.3, 0.4) is 0 Å². The first kappa shape index (κ1) is 14.9. The predicted octanol–water partition coefficient (Wildman–Crippen LogP) is 3.77. The second kappa shape index (κ2) is 4.52. The molecule has 0 spiro atoms. The minimum Gasteiger partial charge on any atom is -0.272 e. The highest BCUT2D eigenvalue weighted by atomic mass is 16.2. The first-order chi connectivity index (χ1) is 7.94. The van der Waals surface area contributed by atoms with Gasteiger partial charge >= 0.3 is 0 Å². The predicted molar refractivity (Wildman–Crippen MR) is 75.1 cm³/mol. The molecule has 0 aromatic carbocycles. The van der Waals surface area contributed by atoms with E-state index in [4.69, 9.17) is 0 Å². The number of hydrogen-bond acceptors (Lipinski definition) is 2. The number of carbonyl (C=O) groups is 1. The van der Waals surface area contributed by atoms with Crippen molar-refractivity contribution >= 4 is 5.91 Å². The van der Waals surface area contributed by atoms with E-state index in [1.807, 2.05) is 13.8 Å². The maximum atomic E-state index is 12.3. The van der Waals surface area contributed by atoms with E-state index in [1.165, 1.54) is 0 Å². The molecule has 0 amide bonds. The van der Waals surface area contributed by atoms with Crippen LogP contribution in [0.4, 0.5) is 0 Å². The zero-order valence-electron chi connectivity index (χ0n) is 13.0. The summed E-state index contributed by atoms with van der Waals surface area (Å²) < 4.78 is 1.60. The summed E-state index contributed by atoms with van der Waals surface area (Å²) in [6, 6.07) is 2.07. The molecule has 0 aliphatic carbocycles. The van der Waals surface area contributed by atoms with E-state index in [0.29, 0.717) is 0 Å². The van der Waals surface area contributed by atoms with Gasteiger partial charge in [-0.25, -0.2) is 4.68 Å². The zero-order valence-corrected chi connectivity index (χ0v) is 13.0. The molecule has 1 aromatic rings. The van der Waals surface area contributed by atoms with Crippen molar-refractivity contribution in [3.05, 3.63) is 17.5 Å². The summed E-state index contributed by atoms with van der Waals surface area (Å²) in [5.41, 5.74) is 1.84.